The molecule has 1 fully saturated rings. The number of amides is 4. The molecule has 1 aliphatic heterocycles. The molecule has 0 spiro atoms. The van der Waals surface area contributed by atoms with Gasteiger partial charge in [0.25, 0.3) is 11.8 Å². The van der Waals surface area contributed by atoms with E-state index < -0.39 is 28.0 Å². The molecule has 0 unspecified atom stereocenters. The average molecular weight is 599 g/mol. The Hall–Kier alpha value is -3.96. The molecule has 11 heteroatoms. The minimum atomic E-state index is -4.18. The maximum absolute atomic E-state index is 13.3. The fraction of sp³-hybridized carbons (Fsp3) is 0.148. The lowest BCUT2D eigenvalue weighted by atomic mass is 10.0. The number of nitrogens with one attached hydrogen (secondary N) is 1. The minimum Gasteiger partial charge on any atom is -0.493 e. The van der Waals surface area contributed by atoms with Crippen molar-refractivity contribution in [1.29, 1.82) is 0 Å². The number of carbonyl (C=O) groups excluding carboxylic acids is 3. The van der Waals surface area contributed by atoms with Crippen molar-refractivity contribution in [2.45, 2.75) is 25.7 Å². The molecule has 0 aromatic heterocycles. The summed E-state index contributed by atoms with van der Waals surface area (Å²) in [6.07, 6.45) is 1.29. The highest BCUT2D eigenvalue weighted by Crippen LogP contribution is 2.39. The van der Waals surface area contributed by atoms with Gasteiger partial charge in [0.1, 0.15) is 10.5 Å². The van der Waals surface area contributed by atoms with Gasteiger partial charge in [-0.2, -0.15) is 8.42 Å². The van der Waals surface area contributed by atoms with Gasteiger partial charge in [0.15, 0.2) is 11.5 Å². The first-order valence-electron chi connectivity index (χ1n) is 11.3. The molecule has 196 valence electrons. The fourth-order valence-electron chi connectivity index (χ4n) is 3.79. The maximum atomic E-state index is 13.3. The molecule has 0 radical (unpaired) electrons. The lowest BCUT2D eigenvalue weighted by Crippen LogP contribution is -2.54. The van der Waals surface area contributed by atoms with Crippen molar-refractivity contribution in [3.05, 3.63) is 86.9 Å². The van der Waals surface area contributed by atoms with Gasteiger partial charge in [0.05, 0.1) is 17.3 Å². The largest absolute Gasteiger partial charge is 0.493 e. The van der Waals surface area contributed by atoms with E-state index in [1.807, 2.05) is 19.9 Å². The number of hydrogen-bond donors (Lipinski definition) is 1. The molecule has 3 aromatic carbocycles. The first kappa shape index (κ1) is 27.1. The predicted octanol–water partition coefficient (Wildman–Crippen LogP) is 4.82. The zero-order valence-corrected chi connectivity index (χ0v) is 23.3. The number of methoxy groups -OCH3 is 1. The highest BCUT2D eigenvalue weighted by atomic mass is 79.9. The van der Waals surface area contributed by atoms with Crippen molar-refractivity contribution in [2.24, 2.45) is 0 Å². The van der Waals surface area contributed by atoms with Crippen molar-refractivity contribution in [3.8, 4) is 11.5 Å². The topological polar surface area (TPSA) is 119 Å². The minimum absolute atomic E-state index is 0.0352. The van der Waals surface area contributed by atoms with Crippen LogP contribution in [0.15, 0.2) is 69.5 Å². The first-order valence-corrected chi connectivity index (χ1v) is 13.5. The summed E-state index contributed by atoms with van der Waals surface area (Å²) in [5.41, 5.74) is 2.86. The number of hydrogen-bond acceptors (Lipinski definition) is 7. The molecule has 1 aliphatic rings. The lowest BCUT2D eigenvalue weighted by molar-refractivity contribution is -0.122. The summed E-state index contributed by atoms with van der Waals surface area (Å²) in [5.74, 6) is -1.74. The number of ether oxygens (including phenoxy) is 1. The molecule has 1 saturated heterocycles. The smallest absolute Gasteiger partial charge is 0.339 e. The van der Waals surface area contributed by atoms with Crippen molar-refractivity contribution in [1.82, 2.24) is 5.32 Å². The van der Waals surface area contributed by atoms with Gasteiger partial charge in [-0.1, -0.05) is 29.8 Å². The van der Waals surface area contributed by atoms with E-state index in [0.717, 1.165) is 16.0 Å². The Labute approximate surface area is 228 Å². The summed E-state index contributed by atoms with van der Waals surface area (Å²) in [6.45, 7) is 5.45. The number of aryl methyl sites for hydroxylation is 2. The number of barbiturate groups is 1. The number of urea groups is 1. The lowest BCUT2D eigenvalue weighted by Gasteiger charge is -2.28. The van der Waals surface area contributed by atoms with E-state index in [4.69, 9.17) is 8.92 Å². The van der Waals surface area contributed by atoms with Gasteiger partial charge in [-0.15, -0.1) is 0 Å². The molecular formula is C27H23BrN2O7S. The second-order valence-electron chi connectivity index (χ2n) is 8.56. The van der Waals surface area contributed by atoms with Crippen molar-refractivity contribution in [2.75, 3.05) is 12.0 Å². The van der Waals surface area contributed by atoms with Crippen LogP contribution in [-0.2, 0) is 19.7 Å². The third kappa shape index (κ3) is 5.20. The zero-order valence-electron chi connectivity index (χ0n) is 20.9. The number of nitrogens with zero attached hydrogens (tertiary/aromatic N) is 1. The van der Waals surface area contributed by atoms with Crippen molar-refractivity contribution >= 4 is 55.7 Å². The van der Waals surface area contributed by atoms with Crippen LogP contribution in [0.1, 0.15) is 22.3 Å². The summed E-state index contributed by atoms with van der Waals surface area (Å²) in [7, 11) is -2.86. The Morgan fingerprint density at radius 1 is 0.974 bits per heavy atom. The van der Waals surface area contributed by atoms with E-state index in [1.54, 1.807) is 31.2 Å². The van der Waals surface area contributed by atoms with Gasteiger partial charge in [-0.25, -0.2) is 9.69 Å². The van der Waals surface area contributed by atoms with Gasteiger partial charge < -0.3 is 8.92 Å². The number of rotatable bonds is 6. The Morgan fingerprint density at radius 3 is 2.32 bits per heavy atom. The molecule has 0 atom stereocenters. The third-order valence-corrected chi connectivity index (χ3v) is 7.81. The number of halogens is 1. The molecule has 0 aliphatic carbocycles. The van der Waals surface area contributed by atoms with Crippen LogP contribution >= 0.6 is 15.9 Å². The van der Waals surface area contributed by atoms with E-state index in [-0.39, 0.29) is 26.4 Å². The second kappa shape index (κ2) is 10.4. The molecule has 4 rings (SSSR count). The summed E-state index contributed by atoms with van der Waals surface area (Å²) in [4.78, 5) is 39.4. The second-order valence-corrected chi connectivity index (χ2v) is 11.0. The van der Waals surface area contributed by atoms with Crippen LogP contribution in [0.4, 0.5) is 10.5 Å². The Kier molecular flexibility index (Phi) is 7.43. The van der Waals surface area contributed by atoms with E-state index in [9.17, 15) is 22.8 Å². The van der Waals surface area contributed by atoms with Crippen LogP contribution in [0, 0.1) is 20.8 Å². The number of anilines is 1. The van der Waals surface area contributed by atoms with Crippen LogP contribution in [0.5, 0.6) is 11.5 Å². The Bertz CT molecular complexity index is 1610. The normalized spacial score (nSPS) is 15.0. The quantitative estimate of drug-likeness (QED) is 0.245. The summed E-state index contributed by atoms with van der Waals surface area (Å²) in [5, 5.41) is 2.20. The monoisotopic (exact) mass is 598 g/mol. The standard InChI is InChI=1S/C27H23BrN2O7S/c1-15-8-10-19(11-9-15)38(34,35)37-24-21(28)13-18(14-23(24)36-4)12-20-25(31)29-27(33)30(26(20)32)22-7-5-6-16(2)17(22)3/h5-14H,1-4H3,(H,29,31,33)/b20-12+. The molecule has 3 aromatic rings. The maximum Gasteiger partial charge on any atom is 0.339 e. The van der Waals surface area contributed by atoms with Crippen LogP contribution in [0.2, 0.25) is 0 Å². The van der Waals surface area contributed by atoms with Crippen LogP contribution < -0.4 is 19.1 Å². The number of benzene rings is 3. The van der Waals surface area contributed by atoms with E-state index >= 15 is 0 Å². The van der Waals surface area contributed by atoms with Crippen molar-refractivity contribution in [3.63, 3.8) is 0 Å². The predicted molar refractivity (Wildman–Crippen MR) is 145 cm³/mol. The van der Waals surface area contributed by atoms with Crippen LogP contribution in [-0.4, -0.2) is 33.4 Å². The third-order valence-electron chi connectivity index (χ3n) is 5.98. The molecule has 4 amide bonds. The Morgan fingerprint density at radius 2 is 1.66 bits per heavy atom. The molecule has 0 saturated carbocycles. The SMILES string of the molecule is COc1cc(/C=C2\C(=O)NC(=O)N(c3cccc(C)c3C)C2=O)cc(Br)c1OS(=O)(=O)c1ccc(C)cc1. The molecule has 38 heavy (non-hydrogen) atoms. The molecule has 0 bridgehead atoms. The highest BCUT2D eigenvalue weighted by molar-refractivity contribution is 9.10. The summed E-state index contributed by atoms with van der Waals surface area (Å²) < 4.78 is 36.6. The highest BCUT2D eigenvalue weighted by Gasteiger charge is 2.37. The zero-order chi connectivity index (χ0) is 27.8. The molecular weight excluding hydrogens is 576 g/mol. The molecule has 9 nitrogen and oxygen atoms in total. The van der Waals surface area contributed by atoms with E-state index in [1.165, 1.54) is 37.5 Å². The van der Waals surface area contributed by atoms with Crippen molar-refractivity contribution < 1.29 is 31.7 Å². The average Bonchev–Trinajstić information content (AvgIpc) is 2.86. The van der Waals surface area contributed by atoms with Crippen LogP contribution in [0.25, 0.3) is 6.08 Å². The fourth-order valence-corrected chi connectivity index (χ4v) is 5.39. The van der Waals surface area contributed by atoms with Gasteiger partial charge in [0, 0.05) is 0 Å². The van der Waals surface area contributed by atoms with E-state index in [2.05, 4.69) is 21.2 Å². The Balaban J connectivity index is 1.72. The van der Waals surface area contributed by atoms with Gasteiger partial charge in [-0.3, -0.25) is 14.9 Å². The summed E-state index contributed by atoms with van der Waals surface area (Å²) >= 11 is 3.30. The number of imide groups is 2. The van der Waals surface area contributed by atoms with Gasteiger partial charge >= 0.3 is 16.1 Å². The van der Waals surface area contributed by atoms with Gasteiger partial charge in [-0.05, 0) is 89.8 Å². The number of carbonyl (C=O) groups is 3. The summed E-state index contributed by atoms with van der Waals surface area (Å²) in [6, 6.07) is 13.4. The molecule has 1 heterocycles. The first-order chi connectivity index (χ1) is 17.9. The van der Waals surface area contributed by atoms with Gasteiger partial charge in [0.2, 0.25) is 0 Å². The van der Waals surface area contributed by atoms with E-state index in [0.29, 0.717) is 16.8 Å². The molecule has 1 N–H and O–H groups in total. The van der Waals surface area contributed by atoms with Crippen LogP contribution in [0.3, 0.4) is 0 Å².